The highest BCUT2D eigenvalue weighted by atomic mass is 16.2. The minimum absolute atomic E-state index is 0.0515. The topological polar surface area (TPSA) is 64.7 Å². The SMILES string of the molecule is CC(C)NC(=O)[C@@H](c1ccccc1)N1CCC(N2CCNC2=O)CC1. The average Bonchev–Trinajstić information content (AvgIpc) is 3.02. The molecule has 0 unspecified atom stereocenters. The van der Waals surface area contributed by atoms with Crippen molar-refractivity contribution >= 4 is 11.9 Å². The second-order valence-electron chi connectivity index (χ2n) is 7.17. The molecule has 2 N–H and O–H groups in total. The minimum Gasteiger partial charge on any atom is -0.352 e. The smallest absolute Gasteiger partial charge is 0.317 e. The third-order valence-electron chi connectivity index (χ3n) is 4.99. The van der Waals surface area contributed by atoms with Crippen LogP contribution in [-0.4, -0.2) is 60.0 Å². The summed E-state index contributed by atoms with van der Waals surface area (Å²) in [6.45, 7) is 7.14. The van der Waals surface area contributed by atoms with Gasteiger partial charge in [-0.1, -0.05) is 30.3 Å². The normalized spacial score (nSPS) is 20.6. The van der Waals surface area contributed by atoms with Crippen molar-refractivity contribution in [3.05, 3.63) is 35.9 Å². The summed E-state index contributed by atoms with van der Waals surface area (Å²) < 4.78 is 0. The van der Waals surface area contributed by atoms with E-state index in [0.717, 1.165) is 44.6 Å². The molecule has 2 aliphatic heterocycles. The number of nitrogens with zero attached hydrogens (tertiary/aromatic N) is 2. The number of nitrogens with one attached hydrogen (secondary N) is 2. The molecule has 2 heterocycles. The highest BCUT2D eigenvalue weighted by Crippen LogP contribution is 2.27. The van der Waals surface area contributed by atoms with Gasteiger partial charge in [0.2, 0.25) is 5.91 Å². The fourth-order valence-electron chi connectivity index (χ4n) is 3.82. The second kappa shape index (κ2) is 7.87. The molecule has 0 bridgehead atoms. The summed E-state index contributed by atoms with van der Waals surface area (Å²) in [6, 6.07) is 10.1. The lowest BCUT2D eigenvalue weighted by atomic mass is 9.97. The number of carbonyl (C=O) groups is 2. The summed E-state index contributed by atoms with van der Waals surface area (Å²) in [4.78, 5) is 28.9. The number of likely N-dealkylation sites (tertiary alicyclic amines) is 1. The third-order valence-corrected chi connectivity index (χ3v) is 4.99. The molecule has 1 atom stereocenters. The molecule has 0 spiro atoms. The fourth-order valence-corrected chi connectivity index (χ4v) is 3.82. The zero-order chi connectivity index (χ0) is 17.8. The lowest BCUT2D eigenvalue weighted by Crippen LogP contribution is -2.50. The van der Waals surface area contributed by atoms with Crippen LogP contribution in [0.25, 0.3) is 0 Å². The van der Waals surface area contributed by atoms with E-state index in [0.29, 0.717) is 0 Å². The number of urea groups is 1. The molecular weight excluding hydrogens is 316 g/mol. The van der Waals surface area contributed by atoms with Gasteiger partial charge in [-0.25, -0.2) is 4.79 Å². The van der Waals surface area contributed by atoms with Crippen molar-refractivity contribution in [3.8, 4) is 0 Å². The number of hydrogen-bond donors (Lipinski definition) is 2. The van der Waals surface area contributed by atoms with E-state index >= 15 is 0 Å². The number of rotatable bonds is 5. The van der Waals surface area contributed by atoms with Crippen molar-refractivity contribution in [2.75, 3.05) is 26.2 Å². The Balaban J connectivity index is 1.70. The molecule has 0 aliphatic carbocycles. The molecule has 2 fully saturated rings. The maximum Gasteiger partial charge on any atom is 0.317 e. The first-order valence-electron chi connectivity index (χ1n) is 9.20. The van der Waals surface area contributed by atoms with Crippen molar-refractivity contribution in [3.63, 3.8) is 0 Å². The Labute approximate surface area is 149 Å². The van der Waals surface area contributed by atoms with E-state index in [1.807, 2.05) is 49.1 Å². The van der Waals surface area contributed by atoms with Gasteiger partial charge >= 0.3 is 6.03 Å². The Morgan fingerprint density at radius 2 is 1.84 bits per heavy atom. The standard InChI is InChI=1S/C19H28N4O2/c1-14(2)21-18(24)17(15-6-4-3-5-7-15)22-11-8-16(9-12-22)23-13-10-20-19(23)25/h3-7,14,16-17H,8-13H2,1-2H3,(H,20,25)(H,21,24)/t17-/m1/s1. The molecule has 3 rings (SSSR count). The quantitative estimate of drug-likeness (QED) is 0.855. The Kier molecular flexibility index (Phi) is 5.58. The van der Waals surface area contributed by atoms with Crippen molar-refractivity contribution in [1.82, 2.24) is 20.4 Å². The van der Waals surface area contributed by atoms with Crippen LogP contribution in [-0.2, 0) is 4.79 Å². The Morgan fingerprint density at radius 3 is 2.40 bits per heavy atom. The monoisotopic (exact) mass is 344 g/mol. The van der Waals surface area contributed by atoms with E-state index in [4.69, 9.17) is 0 Å². The first-order valence-corrected chi connectivity index (χ1v) is 9.20. The van der Waals surface area contributed by atoms with Gasteiger partial charge in [-0.15, -0.1) is 0 Å². The lowest BCUT2D eigenvalue weighted by molar-refractivity contribution is -0.127. The van der Waals surface area contributed by atoms with Gasteiger partial charge in [0.15, 0.2) is 0 Å². The van der Waals surface area contributed by atoms with Gasteiger partial charge in [-0.05, 0) is 32.3 Å². The van der Waals surface area contributed by atoms with E-state index in [1.165, 1.54) is 0 Å². The molecule has 6 nitrogen and oxygen atoms in total. The van der Waals surface area contributed by atoms with Crippen molar-refractivity contribution in [2.45, 2.75) is 44.8 Å². The first-order chi connectivity index (χ1) is 12.1. The summed E-state index contributed by atoms with van der Waals surface area (Å²) >= 11 is 0. The van der Waals surface area contributed by atoms with Crippen LogP contribution in [0.4, 0.5) is 4.79 Å². The van der Waals surface area contributed by atoms with Crippen LogP contribution in [0.5, 0.6) is 0 Å². The van der Waals surface area contributed by atoms with Gasteiger partial charge in [0.25, 0.3) is 0 Å². The van der Waals surface area contributed by atoms with Gasteiger partial charge in [0.1, 0.15) is 6.04 Å². The van der Waals surface area contributed by atoms with Gasteiger partial charge in [-0.3, -0.25) is 9.69 Å². The molecule has 0 aromatic heterocycles. The summed E-state index contributed by atoms with van der Waals surface area (Å²) in [6.07, 6.45) is 1.82. The van der Waals surface area contributed by atoms with E-state index in [1.54, 1.807) is 0 Å². The number of amides is 3. The van der Waals surface area contributed by atoms with Crippen LogP contribution in [0.15, 0.2) is 30.3 Å². The van der Waals surface area contributed by atoms with Crippen molar-refractivity contribution in [1.29, 1.82) is 0 Å². The summed E-state index contributed by atoms with van der Waals surface area (Å²) in [5.41, 5.74) is 1.03. The molecule has 6 heteroatoms. The molecule has 1 aromatic carbocycles. The van der Waals surface area contributed by atoms with E-state index in [2.05, 4.69) is 15.5 Å². The fraction of sp³-hybridized carbons (Fsp3) is 0.579. The van der Waals surface area contributed by atoms with Crippen LogP contribution in [0, 0.1) is 0 Å². The molecule has 2 saturated heterocycles. The zero-order valence-corrected chi connectivity index (χ0v) is 15.1. The van der Waals surface area contributed by atoms with Gasteiger partial charge in [0.05, 0.1) is 0 Å². The second-order valence-corrected chi connectivity index (χ2v) is 7.17. The molecule has 25 heavy (non-hydrogen) atoms. The minimum atomic E-state index is -0.267. The summed E-state index contributed by atoms with van der Waals surface area (Å²) in [7, 11) is 0. The zero-order valence-electron chi connectivity index (χ0n) is 15.1. The predicted octanol–water partition coefficient (Wildman–Crippen LogP) is 1.74. The number of benzene rings is 1. The highest BCUT2D eigenvalue weighted by Gasteiger charge is 2.35. The molecule has 1 aromatic rings. The number of hydrogen-bond acceptors (Lipinski definition) is 3. The van der Waals surface area contributed by atoms with E-state index in [9.17, 15) is 9.59 Å². The predicted molar refractivity (Wildman–Crippen MR) is 97.2 cm³/mol. The maximum absolute atomic E-state index is 12.8. The average molecular weight is 344 g/mol. The van der Waals surface area contributed by atoms with Crippen LogP contribution in [0.3, 0.4) is 0 Å². The van der Waals surface area contributed by atoms with Gasteiger partial charge in [-0.2, -0.15) is 0 Å². The molecule has 2 aliphatic rings. The van der Waals surface area contributed by atoms with E-state index in [-0.39, 0.29) is 30.1 Å². The molecular formula is C19H28N4O2. The highest BCUT2D eigenvalue weighted by molar-refractivity contribution is 5.83. The Hall–Kier alpha value is -2.08. The molecule has 136 valence electrons. The summed E-state index contributed by atoms with van der Waals surface area (Å²) in [5, 5.41) is 5.93. The van der Waals surface area contributed by atoms with Crippen LogP contribution in [0.2, 0.25) is 0 Å². The maximum atomic E-state index is 12.8. The molecule has 3 amide bonds. The Morgan fingerprint density at radius 1 is 1.16 bits per heavy atom. The van der Waals surface area contributed by atoms with Gasteiger partial charge in [0, 0.05) is 38.3 Å². The van der Waals surface area contributed by atoms with Crippen LogP contribution < -0.4 is 10.6 Å². The number of piperidine rings is 1. The van der Waals surface area contributed by atoms with Gasteiger partial charge < -0.3 is 15.5 Å². The van der Waals surface area contributed by atoms with Crippen molar-refractivity contribution in [2.24, 2.45) is 0 Å². The van der Waals surface area contributed by atoms with Crippen molar-refractivity contribution < 1.29 is 9.59 Å². The summed E-state index contributed by atoms with van der Waals surface area (Å²) in [5.74, 6) is 0.0542. The Bertz CT molecular complexity index is 597. The molecule has 0 radical (unpaired) electrons. The molecule has 0 saturated carbocycles. The lowest BCUT2D eigenvalue weighted by Gasteiger charge is -2.39. The number of carbonyl (C=O) groups excluding carboxylic acids is 2. The first kappa shape index (κ1) is 17.7. The third kappa shape index (κ3) is 4.12. The van der Waals surface area contributed by atoms with E-state index < -0.39 is 0 Å². The largest absolute Gasteiger partial charge is 0.352 e. The van der Waals surface area contributed by atoms with Crippen LogP contribution >= 0.6 is 0 Å². The van der Waals surface area contributed by atoms with Crippen LogP contribution in [0.1, 0.15) is 38.3 Å².